The van der Waals surface area contributed by atoms with Gasteiger partial charge in [-0.3, -0.25) is 4.79 Å². The molecule has 25 heavy (non-hydrogen) atoms. The smallest absolute Gasteiger partial charge is 0.356 e. The van der Waals surface area contributed by atoms with Gasteiger partial charge in [0.25, 0.3) is 5.91 Å². The number of aromatic nitrogens is 1. The fraction of sp³-hybridized carbons (Fsp3) is 0.0588. The Kier molecular flexibility index (Phi) is 4.54. The lowest BCUT2D eigenvalue weighted by molar-refractivity contribution is 0.0596. The molecule has 2 aromatic carbocycles. The average molecular weight is 409 g/mol. The average Bonchev–Trinajstić information content (AvgIpc) is 2.92. The largest absolute Gasteiger partial charge is 0.464 e. The van der Waals surface area contributed by atoms with Crippen molar-refractivity contribution in [3.8, 4) is 0 Å². The van der Waals surface area contributed by atoms with Crippen LogP contribution in [0.4, 0.5) is 14.5 Å². The first-order valence-electron chi connectivity index (χ1n) is 7.07. The van der Waals surface area contributed by atoms with Crippen LogP contribution in [-0.2, 0) is 4.74 Å². The Labute approximate surface area is 149 Å². The zero-order valence-electron chi connectivity index (χ0n) is 12.8. The highest BCUT2D eigenvalue weighted by Crippen LogP contribution is 2.31. The summed E-state index contributed by atoms with van der Waals surface area (Å²) in [5, 5.41) is 2.89. The van der Waals surface area contributed by atoms with Gasteiger partial charge in [-0.15, -0.1) is 0 Å². The van der Waals surface area contributed by atoms with E-state index in [0.717, 1.165) is 18.2 Å². The second kappa shape index (κ2) is 6.64. The predicted octanol–water partition coefficient (Wildman–Crippen LogP) is 4.25. The molecule has 2 N–H and O–H groups in total. The third-order valence-corrected chi connectivity index (χ3v) is 4.07. The Morgan fingerprint density at radius 1 is 1.16 bits per heavy atom. The number of esters is 1. The molecule has 1 heterocycles. The maximum atomic E-state index is 13.8. The summed E-state index contributed by atoms with van der Waals surface area (Å²) in [5.74, 6) is -3.74. The van der Waals surface area contributed by atoms with Gasteiger partial charge in [-0.2, -0.15) is 0 Å². The number of methoxy groups -OCH3 is 1. The molecule has 0 saturated carbocycles. The maximum Gasteiger partial charge on any atom is 0.356 e. The lowest BCUT2D eigenvalue weighted by Gasteiger charge is -2.08. The van der Waals surface area contributed by atoms with Gasteiger partial charge >= 0.3 is 5.97 Å². The van der Waals surface area contributed by atoms with Crippen molar-refractivity contribution in [3.63, 3.8) is 0 Å². The molecule has 3 aromatic rings. The summed E-state index contributed by atoms with van der Waals surface area (Å²) >= 11 is 3.30. The van der Waals surface area contributed by atoms with Gasteiger partial charge in [0.2, 0.25) is 0 Å². The fourth-order valence-electron chi connectivity index (χ4n) is 2.44. The van der Waals surface area contributed by atoms with E-state index in [4.69, 9.17) is 4.74 Å². The molecule has 0 unspecified atom stereocenters. The van der Waals surface area contributed by atoms with Crippen LogP contribution in [0.15, 0.2) is 40.9 Å². The maximum absolute atomic E-state index is 13.8. The van der Waals surface area contributed by atoms with E-state index in [2.05, 4.69) is 26.2 Å². The van der Waals surface area contributed by atoms with Crippen LogP contribution in [0.2, 0.25) is 0 Å². The molecule has 0 aliphatic carbocycles. The number of hydrogen-bond donors (Lipinski definition) is 2. The number of carbonyl (C=O) groups excluding carboxylic acids is 2. The SMILES string of the molecule is COC(=O)c1[nH]c2ccc(Br)cc2c1NC(=O)c1c(F)cccc1F. The van der Waals surface area contributed by atoms with Crippen LogP contribution in [0.1, 0.15) is 20.8 Å². The number of ether oxygens (including phenoxy) is 1. The zero-order valence-corrected chi connectivity index (χ0v) is 14.4. The minimum absolute atomic E-state index is 0.0271. The monoisotopic (exact) mass is 408 g/mol. The number of H-pyrrole nitrogens is 1. The zero-order chi connectivity index (χ0) is 18.1. The molecule has 8 heteroatoms. The highest BCUT2D eigenvalue weighted by molar-refractivity contribution is 9.10. The van der Waals surface area contributed by atoms with Gasteiger partial charge in [-0.25, -0.2) is 13.6 Å². The molecule has 0 atom stereocenters. The van der Waals surface area contributed by atoms with Crippen LogP contribution in [-0.4, -0.2) is 24.0 Å². The second-order valence-corrected chi connectivity index (χ2v) is 6.02. The van der Waals surface area contributed by atoms with E-state index in [0.29, 0.717) is 15.4 Å². The summed E-state index contributed by atoms with van der Waals surface area (Å²) in [6, 6.07) is 8.19. The molecule has 0 radical (unpaired) electrons. The van der Waals surface area contributed by atoms with Crippen LogP contribution in [0.3, 0.4) is 0 Å². The number of nitrogens with one attached hydrogen (secondary N) is 2. The summed E-state index contributed by atoms with van der Waals surface area (Å²) in [4.78, 5) is 27.2. The molecule has 1 aromatic heterocycles. The Morgan fingerprint density at radius 3 is 2.48 bits per heavy atom. The van der Waals surface area contributed by atoms with Crippen LogP contribution in [0.5, 0.6) is 0 Å². The number of amides is 1. The molecule has 128 valence electrons. The molecular weight excluding hydrogens is 398 g/mol. The molecule has 0 fully saturated rings. The van der Waals surface area contributed by atoms with Gasteiger partial charge in [-0.1, -0.05) is 22.0 Å². The van der Waals surface area contributed by atoms with Gasteiger partial charge in [-0.05, 0) is 30.3 Å². The van der Waals surface area contributed by atoms with E-state index in [1.165, 1.54) is 7.11 Å². The van der Waals surface area contributed by atoms with Crippen molar-refractivity contribution < 1.29 is 23.1 Å². The first kappa shape index (κ1) is 17.1. The first-order valence-corrected chi connectivity index (χ1v) is 7.86. The van der Waals surface area contributed by atoms with Crippen molar-refractivity contribution in [2.75, 3.05) is 12.4 Å². The Morgan fingerprint density at radius 2 is 1.84 bits per heavy atom. The summed E-state index contributed by atoms with van der Waals surface area (Å²) in [5.41, 5.74) is -0.132. The van der Waals surface area contributed by atoms with E-state index >= 15 is 0 Å². The first-order chi connectivity index (χ1) is 11.9. The summed E-state index contributed by atoms with van der Waals surface area (Å²) in [6.07, 6.45) is 0. The van der Waals surface area contributed by atoms with E-state index in [1.54, 1.807) is 18.2 Å². The molecule has 3 rings (SSSR count). The number of rotatable bonds is 3. The molecule has 1 amide bonds. The topological polar surface area (TPSA) is 71.2 Å². The molecule has 0 spiro atoms. The molecular formula is C17H11BrF2N2O3. The fourth-order valence-corrected chi connectivity index (χ4v) is 2.80. The molecule has 0 aliphatic heterocycles. The lowest BCUT2D eigenvalue weighted by Crippen LogP contribution is -2.17. The number of anilines is 1. The van der Waals surface area contributed by atoms with Crippen molar-refractivity contribution >= 4 is 44.4 Å². The van der Waals surface area contributed by atoms with Gasteiger partial charge in [0.05, 0.1) is 12.8 Å². The second-order valence-electron chi connectivity index (χ2n) is 5.11. The molecule has 0 aliphatic rings. The van der Waals surface area contributed by atoms with Gasteiger partial charge in [0, 0.05) is 15.4 Å². The van der Waals surface area contributed by atoms with E-state index < -0.39 is 29.1 Å². The van der Waals surface area contributed by atoms with Gasteiger partial charge in [0.15, 0.2) is 0 Å². The number of aromatic amines is 1. The Balaban J connectivity index is 2.12. The molecule has 0 saturated heterocycles. The van der Waals surface area contributed by atoms with Crippen molar-refractivity contribution in [1.29, 1.82) is 0 Å². The van der Waals surface area contributed by atoms with Crippen LogP contribution < -0.4 is 5.32 Å². The minimum Gasteiger partial charge on any atom is -0.464 e. The number of halogens is 3. The third-order valence-electron chi connectivity index (χ3n) is 3.58. The Bertz CT molecular complexity index is 981. The van der Waals surface area contributed by atoms with Gasteiger partial charge in [0.1, 0.15) is 22.9 Å². The van der Waals surface area contributed by atoms with E-state index in [-0.39, 0.29) is 11.4 Å². The Hall–Kier alpha value is -2.74. The number of benzene rings is 2. The van der Waals surface area contributed by atoms with Crippen molar-refractivity contribution in [3.05, 3.63) is 63.8 Å². The van der Waals surface area contributed by atoms with E-state index in [9.17, 15) is 18.4 Å². The normalized spacial score (nSPS) is 10.7. The van der Waals surface area contributed by atoms with E-state index in [1.807, 2.05) is 0 Å². The van der Waals surface area contributed by atoms with Crippen molar-refractivity contribution in [2.45, 2.75) is 0 Å². The quantitative estimate of drug-likeness (QED) is 0.636. The lowest BCUT2D eigenvalue weighted by atomic mass is 10.1. The van der Waals surface area contributed by atoms with Crippen LogP contribution in [0.25, 0.3) is 10.9 Å². The summed E-state index contributed by atoms with van der Waals surface area (Å²) in [6.45, 7) is 0. The highest BCUT2D eigenvalue weighted by Gasteiger charge is 2.23. The van der Waals surface area contributed by atoms with Crippen LogP contribution in [0, 0.1) is 11.6 Å². The predicted molar refractivity (Wildman–Crippen MR) is 91.6 cm³/mol. The van der Waals surface area contributed by atoms with Crippen molar-refractivity contribution in [1.82, 2.24) is 4.98 Å². The van der Waals surface area contributed by atoms with Crippen LogP contribution >= 0.6 is 15.9 Å². The van der Waals surface area contributed by atoms with Gasteiger partial charge < -0.3 is 15.0 Å². The number of carbonyl (C=O) groups is 2. The molecule has 5 nitrogen and oxygen atoms in total. The van der Waals surface area contributed by atoms with Crippen molar-refractivity contribution in [2.24, 2.45) is 0 Å². The third kappa shape index (κ3) is 3.12. The highest BCUT2D eigenvalue weighted by atomic mass is 79.9. The summed E-state index contributed by atoms with van der Waals surface area (Å²) in [7, 11) is 1.19. The number of hydrogen-bond acceptors (Lipinski definition) is 3. The summed E-state index contributed by atoms with van der Waals surface area (Å²) < 4.78 is 33.0. The number of fused-ring (bicyclic) bond motifs is 1. The molecule has 0 bridgehead atoms. The standard InChI is InChI=1S/C17H11BrF2N2O3/c1-25-17(24)15-14(9-7-8(18)5-6-12(9)21-15)22-16(23)13-10(19)3-2-4-11(13)20/h2-7,21H,1H3,(H,22,23). The minimum atomic E-state index is -1.01.